The molecular formula is C15H26N6O6S. The van der Waals surface area contributed by atoms with Gasteiger partial charge in [-0.05, 0) is 25.7 Å². The second-order valence-electron chi connectivity index (χ2n) is 7.42. The smallest absolute Gasteiger partial charge is 0.422 e. The van der Waals surface area contributed by atoms with Gasteiger partial charge in [-0.1, -0.05) is 0 Å². The third-order valence-electron chi connectivity index (χ3n) is 4.14. The molecule has 0 saturated carbocycles. The molecule has 0 atom stereocenters. The fourth-order valence-electron chi connectivity index (χ4n) is 2.78. The van der Waals surface area contributed by atoms with Crippen LogP contribution < -0.4 is 4.72 Å². The third-order valence-corrected chi connectivity index (χ3v) is 5.61. The van der Waals surface area contributed by atoms with E-state index in [4.69, 9.17) is 4.74 Å². The topological polar surface area (TPSA) is 140 Å². The van der Waals surface area contributed by atoms with Crippen LogP contribution in [0.25, 0.3) is 0 Å². The molecule has 1 aliphatic rings. The van der Waals surface area contributed by atoms with Gasteiger partial charge in [0.25, 0.3) is 0 Å². The van der Waals surface area contributed by atoms with E-state index in [1.54, 1.807) is 27.7 Å². The van der Waals surface area contributed by atoms with Crippen LogP contribution in [0.2, 0.25) is 0 Å². The zero-order valence-electron chi connectivity index (χ0n) is 16.4. The first-order chi connectivity index (χ1) is 12.9. The Hall–Kier alpha value is -2.25. The standard InChI is InChI=1S/C15H26N6O6S/c1-12-16-11-13(21(23)24)20(12)10-7-18-5-8-19(9-6-18)28(25,26)17-14(22)27-15(2,3)4/h11H,5-10H2,1-4H3,(H,17,22). The maximum Gasteiger partial charge on any atom is 0.422 e. The van der Waals surface area contributed by atoms with Crippen molar-refractivity contribution in [2.45, 2.75) is 39.8 Å². The van der Waals surface area contributed by atoms with E-state index in [-0.39, 0.29) is 18.9 Å². The van der Waals surface area contributed by atoms with Gasteiger partial charge in [-0.25, -0.2) is 19.1 Å². The number of aromatic nitrogens is 2. The first-order valence-corrected chi connectivity index (χ1v) is 10.2. The third kappa shape index (κ3) is 5.87. The van der Waals surface area contributed by atoms with Crippen LogP contribution in [0.3, 0.4) is 0 Å². The average molecular weight is 418 g/mol. The molecule has 1 aliphatic heterocycles. The zero-order valence-corrected chi connectivity index (χ0v) is 17.2. The maximum absolute atomic E-state index is 12.3. The molecule has 1 fully saturated rings. The summed E-state index contributed by atoms with van der Waals surface area (Å²) in [7, 11) is -3.98. The van der Waals surface area contributed by atoms with Crippen LogP contribution >= 0.6 is 0 Å². The summed E-state index contributed by atoms with van der Waals surface area (Å²) >= 11 is 0. The number of imidazole rings is 1. The Morgan fingerprint density at radius 2 is 1.89 bits per heavy atom. The quantitative estimate of drug-likeness (QED) is 0.520. The monoisotopic (exact) mass is 418 g/mol. The Balaban J connectivity index is 1.86. The maximum atomic E-state index is 12.3. The van der Waals surface area contributed by atoms with Crippen LogP contribution in [0.1, 0.15) is 26.6 Å². The summed E-state index contributed by atoms with van der Waals surface area (Å²) in [6.07, 6.45) is 0.208. The van der Waals surface area contributed by atoms with Crippen molar-refractivity contribution in [2.24, 2.45) is 0 Å². The van der Waals surface area contributed by atoms with Gasteiger partial charge in [-0.15, -0.1) is 0 Å². The number of aryl methyl sites for hydroxylation is 1. The molecule has 1 N–H and O–H groups in total. The van der Waals surface area contributed by atoms with Gasteiger partial charge in [0.15, 0.2) is 5.82 Å². The molecule has 12 nitrogen and oxygen atoms in total. The number of nitro groups is 1. The van der Waals surface area contributed by atoms with Crippen LogP contribution in [0.15, 0.2) is 6.20 Å². The number of piperazine rings is 1. The number of ether oxygens (including phenoxy) is 1. The molecule has 0 aliphatic carbocycles. The second-order valence-corrected chi connectivity index (χ2v) is 9.09. The minimum Gasteiger partial charge on any atom is -0.443 e. The molecular weight excluding hydrogens is 392 g/mol. The van der Waals surface area contributed by atoms with Crippen LogP contribution in [0.5, 0.6) is 0 Å². The molecule has 28 heavy (non-hydrogen) atoms. The van der Waals surface area contributed by atoms with E-state index in [0.29, 0.717) is 32.0 Å². The molecule has 1 amide bonds. The molecule has 1 saturated heterocycles. The fourth-order valence-corrected chi connectivity index (χ4v) is 3.81. The SMILES string of the molecule is Cc1ncc([N+](=O)[O-])n1CCN1CCN(S(=O)(=O)NC(=O)OC(C)(C)C)CC1. The number of rotatable bonds is 6. The van der Waals surface area contributed by atoms with E-state index in [1.807, 2.05) is 9.62 Å². The van der Waals surface area contributed by atoms with Crippen molar-refractivity contribution in [3.8, 4) is 0 Å². The Morgan fingerprint density at radius 3 is 2.43 bits per heavy atom. The van der Waals surface area contributed by atoms with Crippen LogP contribution in [0, 0.1) is 17.0 Å². The Kier molecular flexibility index (Phi) is 6.62. The van der Waals surface area contributed by atoms with Crippen molar-refractivity contribution >= 4 is 22.1 Å². The predicted molar refractivity (Wildman–Crippen MR) is 99.9 cm³/mol. The van der Waals surface area contributed by atoms with Crippen LogP contribution in [-0.4, -0.2) is 76.5 Å². The highest BCUT2D eigenvalue weighted by molar-refractivity contribution is 7.87. The summed E-state index contributed by atoms with van der Waals surface area (Å²) in [4.78, 5) is 28.2. The molecule has 2 heterocycles. The number of nitrogens with one attached hydrogen (secondary N) is 1. The highest BCUT2D eigenvalue weighted by Gasteiger charge is 2.30. The minimum atomic E-state index is -3.98. The van der Waals surface area contributed by atoms with E-state index < -0.39 is 26.8 Å². The molecule has 1 aromatic rings. The lowest BCUT2D eigenvalue weighted by atomic mass is 10.2. The van der Waals surface area contributed by atoms with Gasteiger partial charge in [-0.3, -0.25) is 4.90 Å². The minimum absolute atomic E-state index is 0.0692. The molecule has 0 radical (unpaired) electrons. The number of carbonyl (C=O) groups excluding carboxylic acids is 1. The summed E-state index contributed by atoms with van der Waals surface area (Å²) in [6, 6.07) is 0. The van der Waals surface area contributed by atoms with Gasteiger partial charge < -0.3 is 14.9 Å². The molecule has 13 heteroatoms. The predicted octanol–water partition coefficient (Wildman–Crippen LogP) is 0.487. The Bertz CT molecular complexity index is 823. The van der Waals surface area contributed by atoms with E-state index in [9.17, 15) is 23.3 Å². The normalized spacial score (nSPS) is 16.7. The van der Waals surface area contributed by atoms with Crippen molar-refractivity contribution in [3.63, 3.8) is 0 Å². The molecule has 2 rings (SSSR count). The first-order valence-electron chi connectivity index (χ1n) is 8.79. The van der Waals surface area contributed by atoms with Gasteiger partial charge in [0.2, 0.25) is 0 Å². The Labute approximate surface area is 163 Å². The van der Waals surface area contributed by atoms with E-state index in [1.165, 1.54) is 15.1 Å². The fraction of sp³-hybridized carbons (Fsp3) is 0.733. The van der Waals surface area contributed by atoms with E-state index in [2.05, 4.69) is 4.98 Å². The van der Waals surface area contributed by atoms with Crippen molar-refractivity contribution in [1.29, 1.82) is 0 Å². The zero-order chi connectivity index (χ0) is 21.1. The van der Waals surface area contributed by atoms with Crippen molar-refractivity contribution in [1.82, 2.24) is 23.5 Å². The van der Waals surface area contributed by atoms with Gasteiger partial charge >= 0.3 is 22.1 Å². The highest BCUT2D eigenvalue weighted by Crippen LogP contribution is 2.14. The van der Waals surface area contributed by atoms with E-state index >= 15 is 0 Å². The van der Waals surface area contributed by atoms with Gasteiger partial charge in [0.1, 0.15) is 18.3 Å². The highest BCUT2D eigenvalue weighted by atomic mass is 32.2. The number of hydrogen-bond donors (Lipinski definition) is 1. The lowest BCUT2D eigenvalue weighted by molar-refractivity contribution is -0.392. The molecule has 158 valence electrons. The first kappa shape index (κ1) is 22.0. The molecule has 0 unspecified atom stereocenters. The summed E-state index contributed by atoms with van der Waals surface area (Å²) in [6.45, 7) is 8.80. The average Bonchev–Trinajstić information content (AvgIpc) is 2.92. The van der Waals surface area contributed by atoms with Crippen molar-refractivity contribution < 1.29 is 22.9 Å². The lowest BCUT2D eigenvalue weighted by Gasteiger charge is -2.33. The molecule has 0 bridgehead atoms. The largest absolute Gasteiger partial charge is 0.443 e. The second kappa shape index (κ2) is 8.41. The van der Waals surface area contributed by atoms with Crippen molar-refractivity contribution in [2.75, 3.05) is 32.7 Å². The van der Waals surface area contributed by atoms with E-state index in [0.717, 1.165) is 0 Å². The van der Waals surface area contributed by atoms with Crippen molar-refractivity contribution in [3.05, 3.63) is 22.1 Å². The molecule has 1 aromatic heterocycles. The summed E-state index contributed by atoms with van der Waals surface area (Å²) in [5.74, 6) is 0.481. The number of carbonyl (C=O) groups is 1. The van der Waals surface area contributed by atoms with Crippen LogP contribution in [0.4, 0.5) is 10.6 Å². The number of amides is 1. The summed E-state index contributed by atoms with van der Waals surface area (Å²) in [5, 5.41) is 11.0. The van der Waals surface area contributed by atoms with Crippen LogP contribution in [-0.2, 0) is 21.5 Å². The number of hydrogen-bond acceptors (Lipinski definition) is 8. The number of nitrogens with zero attached hydrogens (tertiary/aromatic N) is 5. The molecule has 0 aromatic carbocycles. The Morgan fingerprint density at radius 1 is 1.29 bits per heavy atom. The summed E-state index contributed by atoms with van der Waals surface area (Å²) < 4.78 is 34.2. The van der Waals surface area contributed by atoms with Gasteiger partial charge in [0.05, 0.1) is 0 Å². The van der Waals surface area contributed by atoms with Gasteiger partial charge in [-0.2, -0.15) is 12.7 Å². The lowest BCUT2D eigenvalue weighted by Crippen LogP contribution is -2.53. The van der Waals surface area contributed by atoms with Gasteiger partial charge in [0, 0.05) is 39.6 Å². The summed E-state index contributed by atoms with van der Waals surface area (Å²) in [5.41, 5.74) is -0.799. The molecule has 0 spiro atoms.